The maximum absolute atomic E-state index is 13.3. The molecule has 0 saturated carbocycles. The second-order valence-electron chi connectivity index (χ2n) is 12.2. The molecule has 0 spiro atoms. The maximum Gasteiger partial charge on any atom is 0.311 e. The highest BCUT2D eigenvalue weighted by atomic mass is 16.5. The summed E-state index contributed by atoms with van der Waals surface area (Å²) >= 11 is 0. The van der Waals surface area contributed by atoms with E-state index in [-0.39, 0.29) is 40.2 Å². The number of phenols is 4. The second-order valence-corrected chi connectivity index (χ2v) is 12.2. The molecular weight excluding hydrogens is 572 g/mol. The number of rotatable bonds is 22. The summed E-state index contributed by atoms with van der Waals surface area (Å²) in [4.78, 5) is 26.0. The fourth-order valence-corrected chi connectivity index (χ4v) is 5.73. The topological polar surface area (TPSA) is 137 Å². The van der Waals surface area contributed by atoms with E-state index in [0.717, 1.165) is 37.5 Å². The van der Waals surface area contributed by atoms with Crippen LogP contribution in [0.2, 0.25) is 0 Å². The highest BCUT2D eigenvalue weighted by molar-refractivity contribution is 5.89. The summed E-state index contributed by atoms with van der Waals surface area (Å²) in [6.45, 7) is 2.26. The molecule has 0 amide bonds. The summed E-state index contributed by atoms with van der Waals surface area (Å²) in [5, 5.41) is 39.6. The van der Waals surface area contributed by atoms with Gasteiger partial charge in [0.15, 0.2) is 17.3 Å². The van der Waals surface area contributed by atoms with Crippen molar-refractivity contribution in [2.75, 3.05) is 0 Å². The molecule has 0 saturated heterocycles. The predicted molar refractivity (Wildman–Crippen MR) is 178 cm³/mol. The van der Waals surface area contributed by atoms with Crippen molar-refractivity contribution in [2.45, 2.75) is 135 Å². The first-order valence-corrected chi connectivity index (χ1v) is 17.1. The van der Waals surface area contributed by atoms with E-state index >= 15 is 0 Å². The fourth-order valence-electron chi connectivity index (χ4n) is 5.73. The van der Waals surface area contributed by atoms with E-state index in [2.05, 4.69) is 6.92 Å². The number of esters is 1. The summed E-state index contributed by atoms with van der Waals surface area (Å²) < 4.78 is 11.2. The summed E-state index contributed by atoms with van der Waals surface area (Å²) in [5.41, 5.74) is -0.755. The van der Waals surface area contributed by atoms with Crippen LogP contribution in [0.15, 0.2) is 39.5 Å². The van der Waals surface area contributed by atoms with Crippen LogP contribution in [0.4, 0.5) is 0 Å². The van der Waals surface area contributed by atoms with Gasteiger partial charge in [0.2, 0.25) is 11.2 Å². The molecule has 4 N–H and O–H groups in total. The van der Waals surface area contributed by atoms with Crippen molar-refractivity contribution in [3.8, 4) is 40.1 Å². The molecule has 3 aromatic rings. The molecule has 248 valence electrons. The molecule has 0 aliphatic carbocycles. The third kappa shape index (κ3) is 12.0. The van der Waals surface area contributed by atoms with Gasteiger partial charge in [0.25, 0.3) is 0 Å². The zero-order chi connectivity index (χ0) is 32.4. The lowest BCUT2D eigenvalue weighted by atomic mass is 10.0. The van der Waals surface area contributed by atoms with E-state index in [4.69, 9.17) is 9.15 Å². The summed E-state index contributed by atoms with van der Waals surface area (Å²) in [5.74, 6) is -2.89. The Morgan fingerprint density at radius 1 is 0.644 bits per heavy atom. The van der Waals surface area contributed by atoms with Crippen LogP contribution in [0.5, 0.6) is 28.7 Å². The molecule has 0 aliphatic heterocycles. The maximum atomic E-state index is 13.3. The number of carbonyl (C=O) groups excluding carboxylic acids is 1. The first-order chi connectivity index (χ1) is 21.8. The normalized spacial score (nSPS) is 11.3. The Morgan fingerprint density at radius 2 is 1.16 bits per heavy atom. The van der Waals surface area contributed by atoms with Crippen molar-refractivity contribution in [3.63, 3.8) is 0 Å². The quantitative estimate of drug-likeness (QED) is 0.0492. The zero-order valence-electron chi connectivity index (χ0n) is 27.0. The molecule has 1 aromatic heterocycles. The fraction of sp³-hybridized carbons (Fsp3) is 0.568. The van der Waals surface area contributed by atoms with Gasteiger partial charge in [0, 0.05) is 24.1 Å². The minimum Gasteiger partial charge on any atom is -0.508 e. The molecule has 0 radical (unpaired) electrons. The van der Waals surface area contributed by atoms with Crippen molar-refractivity contribution < 1.29 is 34.4 Å². The van der Waals surface area contributed by atoms with Crippen LogP contribution < -0.4 is 10.2 Å². The first-order valence-electron chi connectivity index (χ1n) is 17.1. The summed E-state index contributed by atoms with van der Waals surface area (Å²) in [6, 6.07) is 5.91. The van der Waals surface area contributed by atoms with Crippen molar-refractivity contribution >= 4 is 16.9 Å². The second kappa shape index (κ2) is 19.7. The first kappa shape index (κ1) is 35.8. The molecule has 2 aromatic carbocycles. The van der Waals surface area contributed by atoms with Crippen molar-refractivity contribution in [1.82, 2.24) is 0 Å². The number of benzene rings is 2. The molecule has 3 rings (SSSR count). The lowest BCUT2D eigenvalue weighted by Crippen LogP contribution is -2.16. The molecule has 8 heteroatoms. The number of hydrogen-bond acceptors (Lipinski definition) is 8. The number of carbonyl (C=O) groups is 1. The monoisotopic (exact) mass is 624 g/mol. The van der Waals surface area contributed by atoms with Crippen LogP contribution in [0.1, 0.15) is 135 Å². The van der Waals surface area contributed by atoms with Gasteiger partial charge in [-0.15, -0.1) is 0 Å². The highest BCUT2D eigenvalue weighted by Crippen LogP contribution is 2.38. The van der Waals surface area contributed by atoms with Gasteiger partial charge in [0.1, 0.15) is 22.5 Å². The predicted octanol–water partition coefficient (Wildman–Crippen LogP) is 10.0. The smallest absolute Gasteiger partial charge is 0.311 e. The standard InChI is InChI=1S/C37H52O8/c1-2-3-4-5-6-7-8-9-10-11-12-13-14-15-16-17-18-19-20-21-33(42)45-37-35(43)34-31(41)25-28(38)26-32(34)44-36(37)27-22-23-29(39)30(40)24-27/h22-26,38-41H,2-21H2,1H3. The Morgan fingerprint density at radius 3 is 1.67 bits per heavy atom. The van der Waals surface area contributed by atoms with E-state index in [1.54, 1.807) is 0 Å². The Bertz CT molecular complexity index is 1390. The van der Waals surface area contributed by atoms with Gasteiger partial charge < -0.3 is 29.6 Å². The summed E-state index contributed by atoms with van der Waals surface area (Å²) in [7, 11) is 0. The van der Waals surface area contributed by atoms with Crippen LogP contribution in [0.25, 0.3) is 22.3 Å². The van der Waals surface area contributed by atoms with E-state index in [0.29, 0.717) is 6.42 Å². The molecule has 0 unspecified atom stereocenters. The molecule has 1 heterocycles. The van der Waals surface area contributed by atoms with Crippen molar-refractivity contribution in [1.29, 1.82) is 0 Å². The molecule has 0 aliphatic rings. The Hall–Kier alpha value is -3.68. The van der Waals surface area contributed by atoms with Gasteiger partial charge >= 0.3 is 5.97 Å². The minimum atomic E-state index is -0.794. The van der Waals surface area contributed by atoms with Gasteiger partial charge in [-0.2, -0.15) is 0 Å². The third-order valence-electron chi connectivity index (χ3n) is 8.36. The Labute approximate surface area is 267 Å². The Balaban J connectivity index is 1.35. The van der Waals surface area contributed by atoms with Crippen LogP contribution >= 0.6 is 0 Å². The van der Waals surface area contributed by atoms with E-state index in [1.807, 2.05) is 0 Å². The minimum absolute atomic E-state index is 0.109. The molecule has 0 atom stereocenters. The van der Waals surface area contributed by atoms with Crippen molar-refractivity contribution in [3.05, 3.63) is 40.6 Å². The Kier molecular flexibility index (Phi) is 15.6. The molecule has 0 bridgehead atoms. The van der Waals surface area contributed by atoms with Crippen LogP contribution in [-0.4, -0.2) is 26.4 Å². The van der Waals surface area contributed by atoms with Gasteiger partial charge in [-0.3, -0.25) is 9.59 Å². The molecule has 8 nitrogen and oxygen atoms in total. The van der Waals surface area contributed by atoms with Crippen LogP contribution in [0, 0.1) is 0 Å². The number of phenolic OH excluding ortho intramolecular Hbond substituents is 4. The van der Waals surface area contributed by atoms with Gasteiger partial charge in [-0.05, 0) is 24.6 Å². The van der Waals surface area contributed by atoms with Crippen molar-refractivity contribution in [2.24, 2.45) is 0 Å². The van der Waals surface area contributed by atoms with Gasteiger partial charge in [-0.1, -0.05) is 122 Å². The number of fused-ring (bicyclic) bond motifs is 1. The van der Waals surface area contributed by atoms with Gasteiger partial charge in [0.05, 0.1) is 0 Å². The van der Waals surface area contributed by atoms with Crippen LogP contribution in [-0.2, 0) is 4.79 Å². The molecular formula is C37H52O8. The van der Waals surface area contributed by atoms with E-state index in [9.17, 15) is 30.0 Å². The number of unbranched alkanes of at least 4 members (excludes halogenated alkanes) is 18. The number of hydrogen-bond donors (Lipinski definition) is 4. The highest BCUT2D eigenvalue weighted by Gasteiger charge is 2.23. The average Bonchev–Trinajstić information content (AvgIpc) is 3.00. The summed E-state index contributed by atoms with van der Waals surface area (Å²) in [6.07, 6.45) is 24.0. The largest absolute Gasteiger partial charge is 0.508 e. The number of aromatic hydroxyl groups is 4. The van der Waals surface area contributed by atoms with E-state index in [1.165, 1.54) is 108 Å². The number of ether oxygens (including phenoxy) is 1. The average molecular weight is 625 g/mol. The van der Waals surface area contributed by atoms with Crippen LogP contribution in [0.3, 0.4) is 0 Å². The molecule has 45 heavy (non-hydrogen) atoms. The molecule has 0 fully saturated rings. The SMILES string of the molecule is CCCCCCCCCCCCCCCCCCCCCC(=O)Oc1c(-c2ccc(O)c(O)c2)oc2cc(O)cc(O)c2c1=O. The van der Waals surface area contributed by atoms with E-state index < -0.39 is 28.6 Å². The zero-order valence-corrected chi connectivity index (χ0v) is 27.0. The third-order valence-corrected chi connectivity index (χ3v) is 8.36. The lowest BCUT2D eigenvalue weighted by molar-refractivity contribution is -0.134. The lowest BCUT2D eigenvalue weighted by Gasteiger charge is -2.12. The van der Waals surface area contributed by atoms with Gasteiger partial charge in [-0.25, -0.2) is 0 Å².